The lowest BCUT2D eigenvalue weighted by molar-refractivity contribution is 0.366. The first kappa shape index (κ1) is 7.53. The Morgan fingerprint density at radius 3 is 2.86 bits per heavy atom. The van der Waals surface area contributed by atoms with Gasteiger partial charge in [-0.15, -0.1) is 0 Å². The van der Waals surface area contributed by atoms with Crippen LogP contribution in [0.2, 0.25) is 0 Å². The highest BCUT2D eigenvalue weighted by molar-refractivity contribution is 8.15. The van der Waals surface area contributed by atoms with E-state index in [9.17, 15) is 0 Å². The van der Waals surface area contributed by atoms with Crippen molar-refractivity contribution in [1.82, 2.24) is 0 Å². The molecule has 0 unspecified atom stereocenters. The number of hydrogen-bond donors (Lipinski definition) is 1. The molecule has 0 aliphatic heterocycles. The molecular weight excluding hydrogens is 128 g/mol. The van der Waals surface area contributed by atoms with Gasteiger partial charge >= 0.3 is 0 Å². The quantitative estimate of drug-likeness (QED) is 0.458. The first-order valence-corrected chi connectivity index (χ1v) is 4.19. The van der Waals surface area contributed by atoms with E-state index in [1.807, 2.05) is 0 Å². The fourth-order valence-corrected chi connectivity index (χ4v) is 0.673. The van der Waals surface area contributed by atoms with Crippen molar-refractivity contribution in [1.29, 1.82) is 0 Å². The van der Waals surface area contributed by atoms with Crippen LogP contribution in [0.15, 0.2) is 0 Å². The molecule has 0 aliphatic rings. The van der Waals surface area contributed by atoms with Gasteiger partial charge in [0.1, 0.15) is 0 Å². The molecule has 0 aliphatic carbocycles. The third-order valence-corrected chi connectivity index (χ3v) is 1.25. The molecule has 7 heavy (non-hydrogen) atoms. The minimum Gasteiger partial charge on any atom is -0.315 e. The highest BCUT2D eigenvalue weighted by Gasteiger charge is 1.77. The van der Waals surface area contributed by atoms with Crippen LogP contribution in [0.1, 0.15) is 19.8 Å². The maximum Gasteiger partial charge on any atom is 0.0613 e. The molecule has 44 valence electrons. The molecule has 0 saturated heterocycles. The molecule has 0 atom stereocenters. The van der Waals surface area contributed by atoms with E-state index in [0.717, 1.165) is 13.0 Å². The summed E-state index contributed by atoms with van der Waals surface area (Å²) in [6, 6.07) is 0. The molecule has 0 heterocycles. The van der Waals surface area contributed by atoms with Gasteiger partial charge in [-0.25, -0.2) is 0 Å². The summed E-state index contributed by atoms with van der Waals surface area (Å²) in [5.74, 6) is 0. The van der Waals surface area contributed by atoms with Gasteiger partial charge in [0.05, 0.1) is 6.61 Å². The van der Waals surface area contributed by atoms with E-state index < -0.39 is 0 Å². The zero-order valence-electron chi connectivity index (χ0n) is 4.39. The van der Waals surface area contributed by atoms with Crippen LogP contribution in [0.3, 0.4) is 0 Å². The van der Waals surface area contributed by atoms with Gasteiger partial charge in [-0.1, -0.05) is 13.3 Å². The van der Waals surface area contributed by atoms with Gasteiger partial charge in [0.15, 0.2) is 0 Å². The molecule has 0 aromatic heterocycles. The minimum atomic E-state index is 0.638. The monoisotopic (exact) mass is 138 g/mol. The zero-order chi connectivity index (χ0) is 5.54. The summed E-state index contributed by atoms with van der Waals surface area (Å²) in [5, 5.41) is 0. The van der Waals surface area contributed by atoms with Crippen molar-refractivity contribution < 1.29 is 4.18 Å². The largest absolute Gasteiger partial charge is 0.315 e. The molecule has 0 fully saturated rings. The van der Waals surface area contributed by atoms with Gasteiger partial charge in [-0.05, 0) is 28.2 Å². The summed E-state index contributed by atoms with van der Waals surface area (Å²) in [4.78, 5) is 0. The Hall–Kier alpha value is 0.530. The van der Waals surface area contributed by atoms with E-state index >= 15 is 0 Å². The molecule has 0 N–H and O–H groups in total. The SMILES string of the molecule is CCCCO[SH]=S. The molecular formula is C4H10OS2. The van der Waals surface area contributed by atoms with E-state index in [0.29, 0.717) is 10.6 Å². The van der Waals surface area contributed by atoms with Crippen molar-refractivity contribution in [3.63, 3.8) is 0 Å². The smallest absolute Gasteiger partial charge is 0.0613 e. The Morgan fingerprint density at radius 2 is 2.43 bits per heavy atom. The van der Waals surface area contributed by atoms with Crippen molar-refractivity contribution in [2.45, 2.75) is 19.8 Å². The van der Waals surface area contributed by atoms with Crippen LogP contribution in [-0.4, -0.2) is 6.61 Å². The van der Waals surface area contributed by atoms with Gasteiger partial charge in [0.2, 0.25) is 0 Å². The Kier molecular flexibility index (Phi) is 7.02. The molecule has 0 aromatic rings. The van der Waals surface area contributed by atoms with Crippen LogP contribution < -0.4 is 0 Å². The molecule has 0 spiro atoms. The van der Waals surface area contributed by atoms with Crippen LogP contribution in [0.4, 0.5) is 0 Å². The highest BCUT2D eigenvalue weighted by atomic mass is 32.8. The van der Waals surface area contributed by atoms with E-state index in [1.54, 1.807) is 0 Å². The number of unbranched alkanes of at least 4 members (excludes halogenated alkanes) is 1. The lowest BCUT2D eigenvalue weighted by Crippen LogP contribution is -1.84. The number of rotatable bonds is 4. The van der Waals surface area contributed by atoms with Crippen molar-refractivity contribution in [2.75, 3.05) is 6.61 Å². The molecule has 0 rings (SSSR count). The van der Waals surface area contributed by atoms with Crippen molar-refractivity contribution in [2.24, 2.45) is 0 Å². The average molecular weight is 138 g/mol. The second-order valence-electron chi connectivity index (χ2n) is 1.26. The Balaban J connectivity index is 2.56. The Labute approximate surface area is 52.9 Å². The van der Waals surface area contributed by atoms with Crippen LogP contribution in [0, 0.1) is 0 Å². The molecule has 0 aromatic carbocycles. The lowest BCUT2D eigenvalue weighted by Gasteiger charge is -1.89. The molecule has 1 nitrogen and oxygen atoms in total. The predicted octanol–water partition coefficient (Wildman–Crippen LogP) is 0.995. The molecule has 0 bridgehead atoms. The molecule has 0 radical (unpaired) electrons. The predicted molar refractivity (Wildman–Crippen MR) is 37.0 cm³/mol. The fourth-order valence-electron chi connectivity index (χ4n) is 0.246. The maximum atomic E-state index is 4.86. The van der Waals surface area contributed by atoms with E-state index in [2.05, 4.69) is 18.1 Å². The van der Waals surface area contributed by atoms with E-state index in [1.165, 1.54) is 6.42 Å². The first-order valence-electron chi connectivity index (χ1n) is 2.36. The summed E-state index contributed by atoms with van der Waals surface area (Å²) < 4.78 is 4.86. The third-order valence-electron chi connectivity index (χ3n) is 0.642. The molecule has 0 saturated carbocycles. The maximum absolute atomic E-state index is 4.86. The van der Waals surface area contributed by atoms with Crippen LogP contribution in [-0.2, 0) is 26.0 Å². The van der Waals surface area contributed by atoms with Crippen LogP contribution in [0.25, 0.3) is 0 Å². The first-order chi connectivity index (χ1) is 3.41. The fraction of sp³-hybridized carbons (Fsp3) is 1.00. The van der Waals surface area contributed by atoms with Gasteiger partial charge < -0.3 is 4.18 Å². The summed E-state index contributed by atoms with van der Waals surface area (Å²) in [7, 11) is 0.638. The number of hydrogen-bond acceptors (Lipinski definition) is 2. The average Bonchev–Trinajstić information content (AvgIpc) is 1.69. The van der Waals surface area contributed by atoms with Gasteiger partial charge in [0, 0.05) is 0 Å². The van der Waals surface area contributed by atoms with Crippen LogP contribution in [0.5, 0.6) is 0 Å². The van der Waals surface area contributed by atoms with Crippen molar-refractivity contribution >= 4 is 21.8 Å². The van der Waals surface area contributed by atoms with E-state index in [-0.39, 0.29) is 0 Å². The summed E-state index contributed by atoms with van der Waals surface area (Å²) in [6.45, 7) is 2.95. The van der Waals surface area contributed by atoms with Crippen LogP contribution >= 0.6 is 0 Å². The second kappa shape index (κ2) is 6.53. The van der Waals surface area contributed by atoms with Gasteiger partial charge in [0.25, 0.3) is 0 Å². The standard InChI is InChI=1S/C4H10OS2/c1-2-3-4-5-7-6/h7H,2-4H2,1H3. The molecule has 3 heteroatoms. The Morgan fingerprint density at radius 1 is 1.71 bits per heavy atom. The summed E-state index contributed by atoms with van der Waals surface area (Å²) in [6.07, 6.45) is 2.31. The topological polar surface area (TPSA) is 9.23 Å². The zero-order valence-corrected chi connectivity index (χ0v) is 6.10. The lowest BCUT2D eigenvalue weighted by atomic mass is 10.4. The van der Waals surface area contributed by atoms with Gasteiger partial charge in [-0.3, -0.25) is 0 Å². The molecule has 0 amide bonds. The van der Waals surface area contributed by atoms with Crippen molar-refractivity contribution in [3.05, 3.63) is 0 Å². The minimum absolute atomic E-state index is 0.638. The van der Waals surface area contributed by atoms with Crippen molar-refractivity contribution in [3.8, 4) is 0 Å². The summed E-state index contributed by atoms with van der Waals surface area (Å²) >= 11 is 4.52. The normalized spacial score (nSPS) is 9.29. The van der Waals surface area contributed by atoms with E-state index in [4.69, 9.17) is 4.18 Å². The second-order valence-corrected chi connectivity index (χ2v) is 2.12. The Bertz CT molecular complexity index is 47.0. The highest BCUT2D eigenvalue weighted by Crippen LogP contribution is 1.84. The third kappa shape index (κ3) is 6.53. The number of thiol groups is 1. The van der Waals surface area contributed by atoms with Gasteiger partial charge in [-0.2, -0.15) is 0 Å². The summed E-state index contributed by atoms with van der Waals surface area (Å²) in [5.41, 5.74) is 0.